The maximum atomic E-state index is 12.7. The summed E-state index contributed by atoms with van der Waals surface area (Å²) in [6, 6.07) is 7.12. The van der Waals surface area contributed by atoms with Crippen LogP contribution in [0.5, 0.6) is 0 Å². The number of rotatable bonds is 6. The number of aryl methyl sites for hydroxylation is 1. The number of nitrogens with one attached hydrogen (secondary N) is 1. The molecule has 7 nitrogen and oxygen atoms in total. The van der Waals surface area contributed by atoms with Crippen LogP contribution in [0.4, 0.5) is 0 Å². The standard InChI is InChI=1S/C17H22N2O5S/c1-3-23-17(20)16(14-5-4-10-24-15(14)11-18)19-25(21,22)13-8-6-12(2)7-9-13/h6-9,14-16,19H,3-5,10H2,1-2H3/t14-,15?,16?/m1/s1. The fourth-order valence-corrected chi connectivity index (χ4v) is 4.01. The van der Waals surface area contributed by atoms with Gasteiger partial charge in [-0.05, 0) is 38.8 Å². The molecule has 1 saturated heterocycles. The average molecular weight is 366 g/mol. The molecule has 2 unspecified atom stereocenters. The molecule has 1 aromatic carbocycles. The fraction of sp³-hybridized carbons (Fsp3) is 0.529. The molecular weight excluding hydrogens is 344 g/mol. The third kappa shape index (κ3) is 4.78. The molecule has 1 aromatic rings. The minimum absolute atomic E-state index is 0.0534. The Hall–Kier alpha value is -1.95. The second kappa shape index (κ2) is 8.43. The number of carbonyl (C=O) groups is 1. The van der Waals surface area contributed by atoms with Crippen molar-refractivity contribution in [2.75, 3.05) is 13.2 Å². The second-order valence-corrected chi connectivity index (χ2v) is 7.60. The van der Waals surface area contributed by atoms with Crippen LogP contribution in [0, 0.1) is 24.2 Å². The summed E-state index contributed by atoms with van der Waals surface area (Å²) in [6.45, 7) is 4.02. The fourth-order valence-electron chi connectivity index (χ4n) is 2.77. The molecular formula is C17H22N2O5S. The Balaban J connectivity index is 2.30. The Morgan fingerprint density at radius 3 is 2.72 bits per heavy atom. The van der Waals surface area contributed by atoms with Crippen molar-refractivity contribution >= 4 is 16.0 Å². The lowest BCUT2D eigenvalue weighted by Crippen LogP contribution is -2.51. The maximum absolute atomic E-state index is 12.7. The van der Waals surface area contributed by atoms with Crippen molar-refractivity contribution in [3.05, 3.63) is 29.8 Å². The third-order valence-corrected chi connectivity index (χ3v) is 5.53. The van der Waals surface area contributed by atoms with Crippen molar-refractivity contribution in [3.8, 4) is 6.07 Å². The van der Waals surface area contributed by atoms with Crippen molar-refractivity contribution in [1.29, 1.82) is 5.26 Å². The van der Waals surface area contributed by atoms with E-state index >= 15 is 0 Å². The zero-order valence-corrected chi connectivity index (χ0v) is 15.1. The number of esters is 1. The van der Waals surface area contributed by atoms with Crippen LogP contribution in [0.2, 0.25) is 0 Å². The van der Waals surface area contributed by atoms with Gasteiger partial charge in [0, 0.05) is 12.5 Å². The van der Waals surface area contributed by atoms with Gasteiger partial charge in [0.25, 0.3) is 0 Å². The number of nitrogens with zero attached hydrogens (tertiary/aromatic N) is 1. The van der Waals surface area contributed by atoms with Gasteiger partial charge in [-0.2, -0.15) is 9.98 Å². The van der Waals surface area contributed by atoms with Gasteiger partial charge in [0.15, 0.2) is 0 Å². The molecule has 1 N–H and O–H groups in total. The number of sulfonamides is 1. The average Bonchev–Trinajstić information content (AvgIpc) is 2.60. The van der Waals surface area contributed by atoms with Gasteiger partial charge < -0.3 is 9.47 Å². The zero-order valence-electron chi connectivity index (χ0n) is 14.3. The number of nitriles is 1. The molecule has 0 saturated carbocycles. The van der Waals surface area contributed by atoms with E-state index in [1.54, 1.807) is 19.1 Å². The number of carbonyl (C=O) groups excluding carboxylic acids is 1. The van der Waals surface area contributed by atoms with Gasteiger partial charge in [0.05, 0.1) is 17.6 Å². The van der Waals surface area contributed by atoms with Crippen LogP contribution in [0.3, 0.4) is 0 Å². The monoisotopic (exact) mass is 366 g/mol. The minimum atomic E-state index is -3.94. The van der Waals surface area contributed by atoms with Gasteiger partial charge in [-0.25, -0.2) is 8.42 Å². The first kappa shape index (κ1) is 19.4. The molecule has 0 aliphatic carbocycles. The predicted molar refractivity (Wildman–Crippen MR) is 90.0 cm³/mol. The Morgan fingerprint density at radius 1 is 1.44 bits per heavy atom. The SMILES string of the molecule is CCOC(=O)C(NS(=O)(=O)c1ccc(C)cc1)[C@@H]1CCCOC1C#N. The number of hydrogen-bond acceptors (Lipinski definition) is 6. The van der Waals surface area contributed by atoms with E-state index < -0.39 is 34.1 Å². The lowest BCUT2D eigenvalue weighted by molar-refractivity contribution is -0.149. The molecule has 0 bridgehead atoms. The molecule has 0 radical (unpaired) electrons. The van der Waals surface area contributed by atoms with Crippen LogP contribution < -0.4 is 4.72 Å². The molecule has 8 heteroatoms. The van der Waals surface area contributed by atoms with E-state index in [0.29, 0.717) is 19.4 Å². The molecule has 1 aliphatic heterocycles. The first-order valence-corrected chi connectivity index (χ1v) is 9.64. The molecule has 1 aliphatic rings. The normalized spacial score (nSPS) is 22.0. The van der Waals surface area contributed by atoms with Crippen molar-refractivity contribution in [2.45, 2.75) is 43.7 Å². The predicted octanol–water partition coefficient (Wildman–Crippen LogP) is 1.52. The summed E-state index contributed by atoms with van der Waals surface area (Å²) < 4.78 is 38.1. The summed E-state index contributed by atoms with van der Waals surface area (Å²) in [5.41, 5.74) is 0.922. The Morgan fingerprint density at radius 2 is 2.12 bits per heavy atom. The van der Waals surface area contributed by atoms with Crippen LogP contribution >= 0.6 is 0 Å². The highest BCUT2D eigenvalue weighted by atomic mass is 32.2. The van der Waals surface area contributed by atoms with Crippen LogP contribution in [-0.4, -0.2) is 39.7 Å². The van der Waals surface area contributed by atoms with E-state index in [4.69, 9.17) is 9.47 Å². The van der Waals surface area contributed by atoms with E-state index in [2.05, 4.69) is 4.72 Å². The summed E-state index contributed by atoms with van der Waals surface area (Å²) in [4.78, 5) is 12.4. The van der Waals surface area contributed by atoms with Crippen LogP contribution in [0.25, 0.3) is 0 Å². The van der Waals surface area contributed by atoms with Crippen LogP contribution in [0.1, 0.15) is 25.3 Å². The highest BCUT2D eigenvalue weighted by molar-refractivity contribution is 7.89. The van der Waals surface area contributed by atoms with Crippen molar-refractivity contribution < 1.29 is 22.7 Å². The van der Waals surface area contributed by atoms with E-state index in [-0.39, 0.29) is 11.5 Å². The summed E-state index contributed by atoms with van der Waals surface area (Å²) in [7, 11) is -3.94. The van der Waals surface area contributed by atoms with Crippen LogP contribution in [0.15, 0.2) is 29.2 Å². The number of hydrogen-bond donors (Lipinski definition) is 1. The van der Waals surface area contributed by atoms with E-state index in [1.807, 2.05) is 13.0 Å². The minimum Gasteiger partial charge on any atom is -0.465 e. The third-order valence-electron chi connectivity index (χ3n) is 4.08. The largest absolute Gasteiger partial charge is 0.465 e. The van der Waals surface area contributed by atoms with Crippen molar-refractivity contribution in [1.82, 2.24) is 4.72 Å². The molecule has 3 atom stereocenters. The van der Waals surface area contributed by atoms with E-state index in [0.717, 1.165) is 5.56 Å². The molecule has 136 valence electrons. The highest BCUT2D eigenvalue weighted by Crippen LogP contribution is 2.26. The quantitative estimate of drug-likeness (QED) is 0.765. The lowest BCUT2D eigenvalue weighted by Gasteiger charge is -2.32. The molecule has 0 aromatic heterocycles. The van der Waals surface area contributed by atoms with Crippen LogP contribution in [-0.2, 0) is 24.3 Å². The maximum Gasteiger partial charge on any atom is 0.324 e. The summed E-state index contributed by atoms with van der Waals surface area (Å²) in [5, 5.41) is 9.26. The molecule has 1 fully saturated rings. The zero-order chi connectivity index (χ0) is 18.4. The Bertz CT molecular complexity index is 739. The first-order valence-electron chi connectivity index (χ1n) is 8.16. The number of benzene rings is 1. The second-order valence-electron chi connectivity index (χ2n) is 5.89. The molecule has 1 heterocycles. The molecule has 0 amide bonds. The van der Waals surface area contributed by atoms with Gasteiger partial charge in [-0.1, -0.05) is 17.7 Å². The topological polar surface area (TPSA) is 105 Å². The van der Waals surface area contributed by atoms with Gasteiger partial charge in [0.1, 0.15) is 12.1 Å². The van der Waals surface area contributed by atoms with E-state index in [1.165, 1.54) is 12.1 Å². The molecule has 25 heavy (non-hydrogen) atoms. The first-order chi connectivity index (χ1) is 11.9. The van der Waals surface area contributed by atoms with Gasteiger partial charge in [0.2, 0.25) is 10.0 Å². The number of ether oxygens (including phenoxy) is 2. The van der Waals surface area contributed by atoms with E-state index in [9.17, 15) is 18.5 Å². The smallest absolute Gasteiger partial charge is 0.324 e. The molecule has 0 spiro atoms. The van der Waals surface area contributed by atoms with Crippen molar-refractivity contribution in [3.63, 3.8) is 0 Å². The van der Waals surface area contributed by atoms with Gasteiger partial charge >= 0.3 is 5.97 Å². The highest BCUT2D eigenvalue weighted by Gasteiger charge is 2.40. The molecule has 2 rings (SSSR count). The Labute approximate surface area is 148 Å². The lowest BCUT2D eigenvalue weighted by atomic mass is 9.88. The van der Waals surface area contributed by atoms with Crippen molar-refractivity contribution in [2.24, 2.45) is 5.92 Å². The van der Waals surface area contributed by atoms with Gasteiger partial charge in [-0.15, -0.1) is 0 Å². The summed E-state index contributed by atoms with van der Waals surface area (Å²) in [5.74, 6) is -1.30. The Kier molecular flexibility index (Phi) is 6.53. The summed E-state index contributed by atoms with van der Waals surface area (Å²) in [6.07, 6.45) is 0.284. The summed E-state index contributed by atoms with van der Waals surface area (Å²) >= 11 is 0. The van der Waals surface area contributed by atoms with Gasteiger partial charge in [-0.3, -0.25) is 4.79 Å².